The molecule has 0 aliphatic carbocycles. The van der Waals surface area contributed by atoms with E-state index < -0.39 is 18.4 Å². The first-order valence-corrected chi connectivity index (χ1v) is 3.87. The van der Waals surface area contributed by atoms with E-state index in [9.17, 15) is 9.18 Å². The van der Waals surface area contributed by atoms with Crippen LogP contribution in [0.1, 0.15) is 15.9 Å². The van der Waals surface area contributed by atoms with Crippen LogP contribution in [0.25, 0.3) is 0 Å². The van der Waals surface area contributed by atoms with Gasteiger partial charge in [-0.25, -0.2) is 9.18 Å². The van der Waals surface area contributed by atoms with Gasteiger partial charge in [0, 0.05) is 5.56 Å². The molecule has 76 valence electrons. The highest BCUT2D eigenvalue weighted by atomic mass is 19.1. The zero-order valence-electron chi connectivity index (χ0n) is 7.58. The number of nitrogen functional groups attached to an aromatic ring is 1. The molecule has 0 fully saturated rings. The van der Waals surface area contributed by atoms with Crippen molar-refractivity contribution in [2.45, 2.75) is 6.61 Å². The van der Waals surface area contributed by atoms with Crippen LogP contribution in [0, 0.1) is 5.82 Å². The fourth-order valence-electron chi connectivity index (χ4n) is 1.04. The number of hydrogen-bond acceptors (Lipinski definition) is 4. The molecule has 3 N–H and O–H groups in total. The number of nitrogens with two attached hydrogens (primary N) is 1. The Bertz CT molecular complexity index is 365. The van der Waals surface area contributed by atoms with Crippen molar-refractivity contribution in [3.63, 3.8) is 0 Å². The minimum Gasteiger partial charge on any atom is -0.465 e. The van der Waals surface area contributed by atoms with Gasteiger partial charge in [0.2, 0.25) is 0 Å². The summed E-state index contributed by atoms with van der Waals surface area (Å²) in [6, 6.07) is 2.27. The topological polar surface area (TPSA) is 72.5 Å². The van der Waals surface area contributed by atoms with Crippen LogP contribution in [-0.2, 0) is 11.3 Å². The summed E-state index contributed by atoms with van der Waals surface area (Å²) in [6.45, 7) is -0.423. The second-order valence-electron chi connectivity index (χ2n) is 2.68. The first kappa shape index (κ1) is 10.5. The van der Waals surface area contributed by atoms with Crippen LogP contribution >= 0.6 is 0 Å². The smallest absolute Gasteiger partial charge is 0.337 e. The van der Waals surface area contributed by atoms with Crippen molar-refractivity contribution < 1.29 is 19.0 Å². The molecule has 14 heavy (non-hydrogen) atoms. The van der Waals surface area contributed by atoms with Crippen LogP contribution in [-0.4, -0.2) is 18.2 Å². The Kier molecular flexibility index (Phi) is 3.03. The number of ether oxygens (including phenoxy) is 1. The van der Waals surface area contributed by atoms with Gasteiger partial charge in [0.1, 0.15) is 5.82 Å². The third kappa shape index (κ3) is 1.82. The van der Waals surface area contributed by atoms with Crippen LogP contribution in [0.3, 0.4) is 0 Å². The normalized spacial score (nSPS) is 9.93. The molecule has 4 nitrogen and oxygen atoms in total. The highest BCUT2D eigenvalue weighted by Gasteiger charge is 2.12. The van der Waals surface area contributed by atoms with Crippen LogP contribution < -0.4 is 5.73 Å². The van der Waals surface area contributed by atoms with E-state index in [2.05, 4.69) is 4.74 Å². The van der Waals surface area contributed by atoms with Gasteiger partial charge in [-0.15, -0.1) is 0 Å². The second-order valence-corrected chi connectivity index (χ2v) is 2.68. The molecule has 0 radical (unpaired) electrons. The highest BCUT2D eigenvalue weighted by molar-refractivity contribution is 5.90. The van der Waals surface area contributed by atoms with E-state index in [1.54, 1.807) is 0 Å². The molecule has 0 heterocycles. The van der Waals surface area contributed by atoms with Gasteiger partial charge in [0.25, 0.3) is 0 Å². The number of carbonyl (C=O) groups excluding carboxylic acids is 1. The van der Waals surface area contributed by atoms with Gasteiger partial charge < -0.3 is 15.6 Å². The maximum Gasteiger partial charge on any atom is 0.337 e. The molecule has 0 saturated heterocycles. The average molecular weight is 199 g/mol. The molecule has 0 spiro atoms. The fourth-order valence-corrected chi connectivity index (χ4v) is 1.04. The molecule has 1 rings (SSSR count). The first-order chi connectivity index (χ1) is 6.60. The Morgan fingerprint density at radius 1 is 1.64 bits per heavy atom. The third-order valence-electron chi connectivity index (χ3n) is 1.81. The molecule has 0 bridgehead atoms. The van der Waals surface area contributed by atoms with Crippen molar-refractivity contribution in [3.8, 4) is 0 Å². The van der Waals surface area contributed by atoms with Crippen molar-refractivity contribution in [2.24, 2.45) is 0 Å². The van der Waals surface area contributed by atoms with E-state index in [4.69, 9.17) is 10.8 Å². The van der Waals surface area contributed by atoms with Crippen molar-refractivity contribution in [1.82, 2.24) is 0 Å². The summed E-state index contributed by atoms with van der Waals surface area (Å²) in [6.07, 6.45) is 0. The van der Waals surface area contributed by atoms with Gasteiger partial charge in [-0.05, 0) is 12.1 Å². The number of aliphatic hydroxyl groups excluding tert-OH is 1. The second kappa shape index (κ2) is 4.06. The van der Waals surface area contributed by atoms with Crippen LogP contribution in [0.2, 0.25) is 0 Å². The van der Waals surface area contributed by atoms with E-state index in [0.29, 0.717) is 0 Å². The molecule has 0 aliphatic heterocycles. The summed E-state index contributed by atoms with van der Waals surface area (Å²) in [5.41, 5.74) is 5.37. The van der Waals surface area contributed by atoms with Gasteiger partial charge in [-0.1, -0.05) is 0 Å². The molecule has 0 unspecified atom stereocenters. The number of benzene rings is 1. The Balaban J connectivity index is 3.22. The zero-order chi connectivity index (χ0) is 10.7. The number of anilines is 1. The summed E-state index contributed by atoms with van der Waals surface area (Å²) < 4.78 is 17.5. The van der Waals surface area contributed by atoms with E-state index >= 15 is 0 Å². The summed E-state index contributed by atoms with van der Waals surface area (Å²) in [5.74, 6) is -1.41. The molecule has 0 atom stereocenters. The Morgan fingerprint density at radius 2 is 2.29 bits per heavy atom. The van der Waals surface area contributed by atoms with Crippen molar-refractivity contribution in [3.05, 3.63) is 29.1 Å². The molecule has 0 amide bonds. The predicted molar refractivity (Wildman–Crippen MR) is 48.1 cm³/mol. The molecule has 1 aromatic carbocycles. The standard InChI is InChI=1S/C9H10FNO3/c1-14-9(13)5-2-6(4-12)8(11)7(10)3-5/h2-3,12H,4,11H2,1H3. The molecule has 0 aliphatic rings. The quantitative estimate of drug-likeness (QED) is 0.542. The average Bonchev–Trinajstić information content (AvgIpc) is 2.20. The van der Waals surface area contributed by atoms with E-state index in [1.807, 2.05) is 0 Å². The summed E-state index contributed by atoms with van der Waals surface area (Å²) in [4.78, 5) is 11.0. The van der Waals surface area contributed by atoms with Gasteiger partial charge in [-0.3, -0.25) is 0 Å². The lowest BCUT2D eigenvalue weighted by Gasteiger charge is -2.06. The van der Waals surface area contributed by atoms with Gasteiger partial charge in [0.15, 0.2) is 0 Å². The summed E-state index contributed by atoms with van der Waals surface area (Å²) >= 11 is 0. The predicted octanol–water partition coefficient (Wildman–Crippen LogP) is 0.687. The Morgan fingerprint density at radius 3 is 2.79 bits per heavy atom. The molecule has 0 saturated carbocycles. The Labute approximate surface area is 80.1 Å². The van der Waals surface area contributed by atoms with E-state index in [-0.39, 0.29) is 16.8 Å². The SMILES string of the molecule is COC(=O)c1cc(F)c(N)c(CO)c1. The molecule has 0 aromatic heterocycles. The number of rotatable bonds is 2. The van der Waals surface area contributed by atoms with Gasteiger partial charge in [-0.2, -0.15) is 0 Å². The number of esters is 1. The van der Waals surface area contributed by atoms with Gasteiger partial charge in [0.05, 0.1) is 25.0 Å². The lowest BCUT2D eigenvalue weighted by Crippen LogP contribution is -2.06. The first-order valence-electron chi connectivity index (χ1n) is 3.87. The van der Waals surface area contributed by atoms with Crippen molar-refractivity contribution in [2.75, 3.05) is 12.8 Å². The van der Waals surface area contributed by atoms with Crippen molar-refractivity contribution >= 4 is 11.7 Å². The number of methoxy groups -OCH3 is 1. The minimum atomic E-state index is -0.739. The van der Waals surface area contributed by atoms with Crippen LogP contribution in [0.5, 0.6) is 0 Å². The van der Waals surface area contributed by atoms with Gasteiger partial charge >= 0.3 is 5.97 Å². The van der Waals surface area contributed by atoms with Crippen molar-refractivity contribution in [1.29, 1.82) is 0 Å². The monoisotopic (exact) mass is 199 g/mol. The maximum absolute atomic E-state index is 13.1. The highest BCUT2D eigenvalue weighted by Crippen LogP contribution is 2.19. The van der Waals surface area contributed by atoms with E-state index in [1.165, 1.54) is 13.2 Å². The fraction of sp³-hybridized carbons (Fsp3) is 0.222. The molecular weight excluding hydrogens is 189 g/mol. The number of aliphatic hydroxyl groups is 1. The third-order valence-corrected chi connectivity index (χ3v) is 1.81. The number of halogens is 1. The van der Waals surface area contributed by atoms with E-state index in [0.717, 1.165) is 6.07 Å². The summed E-state index contributed by atoms with van der Waals surface area (Å²) in [7, 11) is 1.19. The zero-order valence-corrected chi connectivity index (χ0v) is 7.58. The maximum atomic E-state index is 13.1. The van der Waals surface area contributed by atoms with Crippen LogP contribution in [0.15, 0.2) is 12.1 Å². The lowest BCUT2D eigenvalue weighted by molar-refractivity contribution is 0.0600. The molecular formula is C9H10FNO3. The minimum absolute atomic E-state index is 0.0308. The number of carbonyl (C=O) groups is 1. The summed E-state index contributed by atoms with van der Waals surface area (Å²) in [5, 5.41) is 8.82. The number of hydrogen-bond donors (Lipinski definition) is 2. The van der Waals surface area contributed by atoms with Crippen LogP contribution in [0.4, 0.5) is 10.1 Å². The Hall–Kier alpha value is -1.62. The molecule has 1 aromatic rings. The molecule has 5 heteroatoms. The lowest BCUT2D eigenvalue weighted by atomic mass is 10.1. The largest absolute Gasteiger partial charge is 0.465 e.